The third-order valence-corrected chi connectivity index (χ3v) is 5.81. The van der Waals surface area contributed by atoms with Crippen molar-refractivity contribution >= 4 is 0 Å². The molecule has 30 heavy (non-hydrogen) atoms. The number of aryl methyl sites for hydroxylation is 1. The highest BCUT2D eigenvalue weighted by molar-refractivity contribution is 5.67. The fourth-order valence-electron chi connectivity index (χ4n) is 3.97. The van der Waals surface area contributed by atoms with Crippen molar-refractivity contribution in [3.8, 4) is 22.9 Å². The first-order valence-electron chi connectivity index (χ1n) is 10.5. The van der Waals surface area contributed by atoms with Crippen molar-refractivity contribution in [1.29, 1.82) is 0 Å². The minimum absolute atomic E-state index is 0.174. The van der Waals surface area contributed by atoms with Crippen LogP contribution in [0.3, 0.4) is 0 Å². The summed E-state index contributed by atoms with van der Waals surface area (Å²) in [5.74, 6) is 1.64. The van der Waals surface area contributed by atoms with Crippen LogP contribution in [0.25, 0.3) is 11.3 Å². The molecule has 0 unspecified atom stereocenters. The molecule has 2 fully saturated rings. The Bertz CT molecular complexity index is 965. The zero-order valence-corrected chi connectivity index (χ0v) is 17.0. The van der Waals surface area contributed by atoms with E-state index in [4.69, 9.17) is 23.7 Å². The smallest absolute Gasteiger partial charge is 0.351 e. The molecule has 4 heterocycles. The van der Waals surface area contributed by atoms with Gasteiger partial charge in [-0.25, -0.2) is 4.79 Å². The highest BCUT2D eigenvalue weighted by Gasteiger charge is 2.25. The maximum Gasteiger partial charge on any atom is 0.351 e. The lowest BCUT2D eigenvalue weighted by molar-refractivity contribution is -0.122. The highest BCUT2D eigenvalue weighted by atomic mass is 16.6. The van der Waals surface area contributed by atoms with Gasteiger partial charge >= 0.3 is 5.69 Å². The Morgan fingerprint density at radius 1 is 1.20 bits per heavy atom. The van der Waals surface area contributed by atoms with Gasteiger partial charge in [-0.2, -0.15) is 4.98 Å². The van der Waals surface area contributed by atoms with Crippen LogP contribution in [0.4, 0.5) is 0 Å². The van der Waals surface area contributed by atoms with Crippen LogP contribution < -0.4 is 15.2 Å². The maximum absolute atomic E-state index is 12.6. The van der Waals surface area contributed by atoms with Crippen LogP contribution in [0.1, 0.15) is 12.5 Å². The van der Waals surface area contributed by atoms with Gasteiger partial charge in [-0.05, 0) is 37.1 Å². The summed E-state index contributed by atoms with van der Waals surface area (Å²) in [7, 11) is 0. The minimum Gasteiger partial charge on any atom is -0.493 e. The van der Waals surface area contributed by atoms with E-state index in [9.17, 15) is 4.79 Å². The summed E-state index contributed by atoms with van der Waals surface area (Å²) in [4.78, 5) is 16.7. The average molecular weight is 414 g/mol. The lowest BCUT2D eigenvalue weighted by atomic mass is 9.97. The number of ether oxygens (including phenoxy) is 5. The Hall–Kier alpha value is -2.42. The summed E-state index contributed by atoms with van der Waals surface area (Å²) >= 11 is 0. The van der Waals surface area contributed by atoms with E-state index in [1.54, 1.807) is 4.57 Å². The molecule has 0 radical (unpaired) electrons. The van der Waals surface area contributed by atoms with Crippen LogP contribution in [-0.4, -0.2) is 61.4 Å². The van der Waals surface area contributed by atoms with Gasteiger partial charge in [0.2, 0.25) is 5.88 Å². The van der Waals surface area contributed by atoms with Crippen LogP contribution in [0.15, 0.2) is 29.1 Å². The Morgan fingerprint density at radius 2 is 2.10 bits per heavy atom. The Morgan fingerprint density at radius 3 is 2.87 bits per heavy atom. The van der Waals surface area contributed by atoms with Crippen molar-refractivity contribution < 1.29 is 23.7 Å². The fraction of sp³-hybridized carbons (Fsp3) is 0.545. The molecular formula is C22H26N2O6. The first kappa shape index (κ1) is 19.5. The van der Waals surface area contributed by atoms with Gasteiger partial charge in [-0.15, -0.1) is 0 Å². The van der Waals surface area contributed by atoms with Crippen LogP contribution in [0, 0.1) is 5.92 Å². The molecule has 1 aromatic carbocycles. The van der Waals surface area contributed by atoms with E-state index in [0.29, 0.717) is 44.8 Å². The molecule has 8 heteroatoms. The summed E-state index contributed by atoms with van der Waals surface area (Å²) in [6.45, 7) is 6.32. The second-order valence-electron chi connectivity index (χ2n) is 8.00. The van der Waals surface area contributed by atoms with Gasteiger partial charge in [-0.1, -0.05) is 0 Å². The van der Waals surface area contributed by atoms with E-state index in [1.807, 2.05) is 25.1 Å². The molecule has 2 atom stereocenters. The molecule has 3 aliphatic heterocycles. The molecule has 0 spiro atoms. The number of hydrogen-bond acceptors (Lipinski definition) is 7. The second kappa shape index (κ2) is 8.37. The normalized spacial score (nSPS) is 21.8. The zero-order valence-electron chi connectivity index (χ0n) is 17.0. The number of fused-ring (bicyclic) bond motifs is 3. The average Bonchev–Trinajstić information content (AvgIpc) is 2.73. The Kier molecular flexibility index (Phi) is 5.45. The number of nitrogens with zero attached hydrogens (tertiary/aromatic N) is 2. The van der Waals surface area contributed by atoms with Crippen LogP contribution in [-0.2, 0) is 27.2 Å². The fourth-order valence-corrected chi connectivity index (χ4v) is 3.97. The third kappa shape index (κ3) is 3.95. The van der Waals surface area contributed by atoms with E-state index < -0.39 is 0 Å². The molecule has 0 N–H and O–H groups in total. The maximum atomic E-state index is 12.6. The van der Waals surface area contributed by atoms with Crippen molar-refractivity contribution in [3.05, 3.63) is 40.3 Å². The van der Waals surface area contributed by atoms with Gasteiger partial charge in [0.25, 0.3) is 0 Å². The standard InChI is InChI=1S/C22H26N2O6/c1-14(20-13-26-6-7-28-20)30-21-9-19-18-3-2-17(29-12-15-10-27-11-15)8-16(18)4-5-24(19)22(25)23-21/h2-3,8-9,14-15,20H,4-7,10-13H2,1H3/t14-,20-/m0/s1. The van der Waals surface area contributed by atoms with Gasteiger partial charge in [0.1, 0.15) is 18.0 Å². The lowest BCUT2D eigenvalue weighted by Crippen LogP contribution is -2.40. The molecule has 3 aliphatic rings. The van der Waals surface area contributed by atoms with Crippen molar-refractivity contribution in [2.75, 3.05) is 39.6 Å². The molecule has 5 rings (SSSR count). The first-order valence-corrected chi connectivity index (χ1v) is 10.5. The van der Waals surface area contributed by atoms with E-state index in [2.05, 4.69) is 11.1 Å². The number of benzene rings is 1. The summed E-state index contributed by atoms with van der Waals surface area (Å²) in [5.41, 5.74) is 2.69. The topological polar surface area (TPSA) is 81.0 Å². The summed E-state index contributed by atoms with van der Waals surface area (Å²) < 4.78 is 29.9. The van der Waals surface area contributed by atoms with Crippen molar-refractivity contribution in [2.24, 2.45) is 5.92 Å². The second-order valence-corrected chi connectivity index (χ2v) is 8.00. The Balaban J connectivity index is 1.36. The van der Waals surface area contributed by atoms with E-state index in [0.717, 1.165) is 42.2 Å². The molecule has 0 saturated carbocycles. The predicted molar refractivity (Wildman–Crippen MR) is 108 cm³/mol. The lowest BCUT2D eigenvalue weighted by Gasteiger charge is -2.28. The van der Waals surface area contributed by atoms with Crippen molar-refractivity contribution in [2.45, 2.75) is 32.1 Å². The van der Waals surface area contributed by atoms with E-state index in [1.165, 1.54) is 0 Å². The first-order chi connectivity index (χ1) is 14.7. The van der Waals surface area contributed by atoms with Crippen LogP contribution >= 0.6 is 0 Å². The molecular weight excluding hydrogens is 388 g/mol. The predicted octanol–water partition coefficient (Wildman–Crippen LogP) is 1.67. The molecule has 1 aromatic heterocycles. The van der Waals surface area contributed by atoms with Gasteiger partial charge in [0, 0.05) is 24.1 Å². The van der Waals surface area contributed by atoms with Crippen molar-refractivity contribution in [1.82, 2.24) is 9.55 Å². The molecule has 2 aromatic rings. The quantitative estimate of drug-likeness (QED) is 0.711. The monoisotopic (exact) mass is 414 g/mol. The molecule has 0 aliphatic carbocycles. The van der Waals surface area contributed by atoms with Gasteiger partial charge in [-0.3, -0.25) is 4.57 Å². The summed E-state index contributed by atoms with van der Waals surface area (Å²) in [5, 5.41) is 0. The molecule has 8 nitrogen and oxygen atoms in total. The third-order valence-electron chi connectivity index (χ3n) is 5.81. The summed E-state index contributed by atoms with van der Waals surface area (Å²) in [6.07, 6.45) is 0.319. The molecule has 0 amide bonds. The number of rotatable bonds is 6. The molecule has 160 valence electrons. The largest absolute Gasteiger partial charge is 0.493 e. The SMILES string of the molecule is C[C@H](Oc1cc2n(c(=O)n1)CCc1cc(OCC3COC3)ccc1-2)[C@@H]1COCCO1. The minimum atomic E-state index is -0.300. The zero-order chi connectivity index (χ0) is 20.5. The van der Waals surface area contributed by atoms with E-state index in [-0.39, 0.29) is 17.9 Å². The number of hydrogen-bond donors (Lipinski definition) is 0. The van der Waals surface area contributed by atoms with Crippen LogP contribution in [0.5, 0.6) is 11.6 Å². The molecule has 2 saturated heterocycles. The van der Waals surface area contributed by atoms with Crippen molar-refractivity contribution in [3.63, 3.8) is 0 Å². The van der Waals surface area contributed by atoms with Crippen LogP contribution in [0.2, 0.25) is 0 Å². The van der Waals surface area contributed by atoms with E-state index >= 15 is 0 Å². The summed E-state index contributed by atoms with van der Waals surface area (Å²) in [6, 6.07) is 7.87. The van der Waals surface area contributed by atoms with Gasteiger partial charge in [0.15, 0.2) is 0 Å². The number of aromatic nitrogens is 2. The van der Waals surface area contributed by atoms with Gasteiger partial charge in [0.05, 0.1) is 45.3 Å². The highest BCUT2D eigenvalue weighted by Crippen LogP contribution is 2.32. The van der Waals surface area contributed by atoms with Gasteiger partial charge < -0.3 is 23.7 Å². The Labute approximate surface area is 174 Å². The molecule has 0 bridgehead atoms.